The quantitative estimate of drug-likeness (QED) is 0.516. The highest BCUT2D eigenvalue weighted by molar-refractivity contribution is 5.49. The van der Waals surface area contributed by atoms with Gasteiger partial charge in [-0.2, -0.15) is 0 Å². The molecule has 30 heavy (non-hydrogen) atoms. The molecular weight excluding hydrogens is 375 g/mol. The molecule has 2 heterocycles. The average molecular weight is 409 g/mol. The third kappa shape index (κ3) is 5.28. The molecule has 160 valence electrons. The molecule has 0 radical (unpaired) electrons. The van der Waals surface area contributed by atoms with E-state index in [0.29, 0.717) is 30.1 Å². The van der Waals surface area contributed by atoms with E-state index >= 15 is 0 Å². The van der Waals surface area contributed by atoms with Crippen LogP contribution in [0.1, 0.15) is 37.7 Å². The summed E-state index contributed by atoms with van der Waals surface area (Å²) in [5.41, 5.74) is 2.63. The Bertz CT molecular complexity index is 798. The maximum Gasteiger partial charge on any atom is 0.123 e. The van der Waals surface area contributed by atoms with Crippen LogP contribution in [0, 0.1) is 29.5 Å². The van der Waals surface area contributed by atoms with E-state index in [4.69, 9.17) is 0 Å². The molecular formula is C26H33FN2O. The molecule has 1 aromatic rings. The number of fused-ring (bicyclic) bond motifs is 1. The van der Waals surface area contributed by atoms with Crippen LogP contribution >= 0.6 is 0 Å². The normalized spacial score (nSPS) is 28.9. The monoisotopic (exact) mass is 408 g/mol. The molecule has 0 amide bonds. The van der Waals surface area contributed by atoms with Crippen LogP contribution < -0.4 is 5.32 Å². The number of carbonyl (C=O) groups excluding carboxylic acids is 1. The van der Waals surface area contributed by atoms with Crippen LogP contribution in [0.2, 0.25) is 0 Å². The van der Waals surface area contributed by atoms with E-state index in [-0.39, 0.29) is 5.82 Å². The highest BCUT2D eigenvalue weighted by atomic mass is 19.1. The lowest BCUT2D eigenvalue weighted by Gasteiger charge is -2.41. The molecule has 0 spiro atoms. The number of nitrogens with one attached hydrogen (secondary N) is 1. The molecule has 2 aliphatic heterocycles. The number of piperidine rings is 1. The van der Waals surface area contributed by atoms with Gasteiger partial charge in [-0.1, -0.05) is 36.4 Å². The summed E-state index contributed by atoms with van der Waals surface area (Å²) in [6, 6.07) is 6.90. The molecule has 0 bridgehead atoms. The Hall–Kier alpha value is -2.20. The van der Waals surface area contributed by atoms with Gasteiger partial charge in [-0.15, -0.1) is 0 Å². The molecule has 1 fully saturated rings. The van der Waals surface area contributed by atoms with Gasteiger partial charge >= 0.3 is 0 Å². The zero-order valence-electron chi connectivity index (χ0n) is 17.7. The Balaban J connectivity index is 1.49. The van der Waals surface area contributed by atoms with Gasteiger partial charge in [0.05, 0.1) is 0 Å². The maximum atomic E-state index is 13.3. The van der Waals surface area contributed by atoms with Crippen molar-refractivity contribution >= 4 is 6.29 Å². The minimum absolute atomic E-state index is 0.177. The third-order valence-electron chi connectivity index (χ3n) is 6.96. The average Bonchev–Trinajstić information content (AvgIpc) is 3.01. The van der Waals surface area contributed by atoms with E-state index in [9.17, 15) is 9.18 Å². The maximum absolute atomic E-state index is 13.3. The second kappa shape index (κ2) is 10.2. The Morgan fingerprint density at radius 2 is 2.03 bits per heavy atom. The van der Waals surface area contributed by atoms with E-state index in [0.717, 1.165) is 51.7 Å². The summed E-state index contributed by atoms with van der Waals surface area (Å²) in [6.45, 7) is 3.99. The van der Waals surface area contributed by atoms with Crippen LogP contribution in [0.3, 0.4) is 0 Å². The molecule has 1 N–H and O–H groups in total. The zero-order valence-corrected chi connectivity index (χ0v) is 17.7. The Kier molecular flexibility index (Phi) is 7.16. The molecule has 0 saturated carbocycles. The minimum atomic E-state index is -0.177. The summed E-state index contributed by atoms with van der Waals surface area (Å²) in [7, 11) is 0. The number of allylic oxidation sites excluding steroid dienone is 4. The van der Waals surface area contributed by atoms with Gasteiger partial charge in [0.15, 0.2) is 0 Å². The first-order chi connectivity index (χ1) is 14.7. The van der Waals surface area contributed by atoms with Gasteiger partial charge in [-0.25, -0.2) is 4.39 Å². The van der Waals surface area contributed by atoms with Crippen molar-refractivity contribution in [1.29, 1.82) is 0 Å². The zero-order chi connectivity index (χ0) is 20.8. The first-order valence-corrected chi connectivity index (χ1v) is 11.4. The van der Waals surface area contributed by atoms with Gasteiger partial charge in [-0.3, -0.25) is 4.90 Å². The molecule has 1 saturated heterocycles. The van der Waals surface area contributed by atoms with Crippen molar-refractivity contribution in [2.75, 3.05) is 19.6 Å². The Morgan fingerprint density at radius 3 is 2.87 bits per heavy atom. The standard InChI is InChI=1S/C26H33FN2O/c27-25-8-4-20(5-9-25)18-29-15-12-22(3-1-2-16-30)26(19-29)24-7-6-21-10-13-28-14-11-23(21)17-24/h4-9,11,14,16-17,21-23,26,28H,1-3,10,12-13,15,18-19H2. The van der Waals surface area contributed by atoms with Crippen LogP contribution in [-0.2, 0) is 11.3 Å². The van der Waals surface area contributed by atoms with Crippen molar-refractivity contribution in [1.82, 2.24) is 10.2 Å². The molecule has 4 rings (SSSR count). The van der Waals surface area contributed by atoms with Gasteiger partial charge in [-0.05, 0) is 79.5 Å². The Labute approximate surface area is 179 Å². The number of benzene rings is 1. The van der Waals surface area contributed by atoms with E-state index in [1.807, 2.05) is 12.1 Å². The van der Waals surface area contributed by atoms with E-state index < -0.39 is 0 Å². The molecule has 3 nitrogen and oxygen atoms in total. The van der Waals surface area contributed by atoms with Crippen LogP contribution in [-0.4, -0.2) is 30.8 Å². The molecule has 0 aromatic heterocycles. The van der Waals surface area contributed by atoms with Crippen molar-refractivity contribution in [3.8, 4) is 0 Å². The molecule has 1 aromatic carbocycles. The largest absolute Gasteiger partial charge is 0.391 e. The number of hydrogen-bond acceptors (Lipinski definition) is 3. The fourth-order valence-corrected chi connectivity index (χ4v) is 5.26. The molecule has 1 aliphatic carbocycles. The number of aldehydes is 1. The van der Waals surface area contributed by atoms with Gasteiger partial charge in [0.2, 0.25) is 0 Å². The molecule has 4 heteroatoms. The number of unbranched alkanes of at least 4 members (excludes halogenated alkanes) is 1. The highest BCUT2D eigenvalue weighted by Gasteiger charge is 2.32. The van der Waals surface area contributed by atoms with Crippen molar-refractivity contribution in [2.45, 2.75) is 38.6 Å². The lowest BCUT2D eigenvalue weighted by Crippen LogP contribution is -2.41. The second-order valence-electron chi connectivity index (χ2n) is 8.98. The molecule has 4 unspecified atom stereocenters. The van der Waals surface area contributed by atoms with E-state index in [2.05, 4.69) is 40.7 Å². The number of halogens is 1. The fraction of sp³-hybridized carbons (Fsp3) is 0.500. The van der Waals surface area contributed by atoms with Gasteiger partial charge in [0.25, 0.3) is 0 Å². The minimum Gasteiger partial charge on any atom is -0.391 e. The second-order valence-corrected chi connectivity index (χ2v) is 8.98. The smallest absolute Gasteiger partial charge is 0.123 e. The molecule has 4 atom stereocenters. The van der Waals surface area contributed by atoms with E-state index in [1.165, 1.54) is 17.6 Å². The summed E-state index contributed by atoms with van der Waals surface area (Å²) in [6.07, 6.45) is 17.8. The number of carbonyl (C=O) groups is 1. The van der Waals surface area contributed by atoms with Gasteiger partial charge in [0.1, 0.15) is 12.1 Å². The summed E-state index contributed by atoms with van der Waals surface area (Å²) in [5, 5.41) is 3.37. The topological polar surface area (TPSA) is 32.3 Å². The summed E-state index contributed by atoms with van der Waals surface area (Å²) < 4.78 is 13.3. The predicted octanol–water partition coefficient (Wildman–Crippen LogP) is 4.87. The van der Waals surface area contributed by atoms with Gasteiger partial charge in [0, 0.05) is 32.0 Å². The first-order valence-electron chi connectivity index (χ1n) is 11.4. The van der Waals surface area contributed by atoms with Crippen molar-refractivity contribution in [3.63, 3.8) is 0 Å². The summed E-state index contributed by atoms with van der Waals surface area (Å²) in [5.74, 6) is 2.00. The first kappa shape index (κ1) is 21.0. The predicted molar refractivity (Wildman–Crippen MR) is 119 cm³/mol. The number of likely N-dealkylation sites (tertiary alicyclic amines) is 1. The lowest BCUT2D eigenvalue weighted by atomic mass is 9.73. The summed E-state index contributed by atoms with van der Waals surface area (Å²) in [4.78, 5) is 13.3. The van der Waals surface area contributed by atoms with Crippen molar-refractivity contribution < 1.29 is 9.18 Å². The van der Waals surface area contributed by atoms with Gasteiger partial charge < -0.3 is 10.1 Å². The number of hydrogen-bond donors (Lipinski definition) is 1. The lowest BCUT2D eigenvalue weighted by molar-refractivity contribution is -0.108. The number of rotatable bonds is 7. The fourth-order valence-electron chi connectivity index (χ4n) is 5.26. The van der Waals surface area contributed by atoms with Crippen LogP contribution in [0.4, 0.5) is 4.39 Å². The van der Waals surface area contributed by atoms with Crippen molar-refractivity contribution in [3.05, 3.63) is 71.7 Å². The number of nitrogens with zero attached hydrogens (tertiary/aromatic N) is 1. The van der Waals surface area contributed by atoms with Crippen LogP contribution in [0.25, 0.3) is 0 Å². The van der Waals surface area contributed by atoms with Crippen LogP contribution in [0.5, 0.6) is 0 Å². The summed E-state index contributed by atoms with van der Waals surface area (Å²) >= 11 is 0. The van der Waals surface area contributed by atoms with E-state index in [1.54, 1.807) is 12.1 Å². The molecule has 3 aliphatic rings. The highest BCUT2D eigenvalue weighted by Crippen LogP contribution is 2.38. The van der Waals surface area contributed by atoms with Crippen molar-refractivity contribution in [2.24, 2.45) is 23.7 Å². The van der Waals surface area contributed by atoms with Crippen LogP contribution in [0.15, 0.2) is 60.3 Å². The third-order valence-corrected chi connectivity index (χ3v) is 6.96. The SMILES string of the molecule is O=CCCCC1CCN(Cc2ccc(F)cc2)CC1C1=CC2C=CNCCC2C=C1. The Morgan fingerprint density at radius 1 is 1.17 bits per heavy atom.